The zero-order valence-corrected chi connectivity index (χ0v) is 18.5. The average Bonchev–Trinajstić information content (AvgIpc) is 3.36. The van der Waals surface area contributed by atoms with Gasteiger partial charge in [-0.3, -0.25) is 4.79 Å². The van der Waals surface area contributed by atoms with Crippen LogP contribution in [-0.2, 0) is 5.88 Å². The number of hydrogen-bond acceptors (Lipinski definition) is 3. The van der Waals surface area contributed by atoms with Crippen LogP contribution in [0, 0.1) is 0 Å². The molecule has 2 aliphatic heterocycles. The standard InChI is InChI=1S/C26H20ClF2N3O2/c1-31-21-12-20(23-17(25(31)33)3-2-4-22(23)34-26(28)29)32-19-11-16(9-10-18(19)30-24(21)32)15-7-5-14(13-27)6-8-15/h2-11,20-21,26H,12-13H2,1H3/t20-,21-/m1/s1/i1D3. The highest BCUT2D eigenvalue weighted by molar-refractivity contribution is 6.17. The van der Waals surface area contributed by atoms with Gasteiger partial charge in [0.1, 0.15) is 11.6 Å². The van der Waals surface area contributed by atoms with Gasteiger partial charge in [0.25, 0.3) is 5.91 Å². The molecule has 3 aromatic carbocycles. The van der Waals surface area contributed by atoms with Crippen LogP contribution in [0.15, 0.2) is 60.7 Å². The highest BCUT2D eigenvalue weighted by Crippen LogP contribution is 2.50. The number of alkyl halides is 3. The molecule has 6 rings (SSSR count). The van der Waals surface area contributed by atoms with E-state index in [4.69, 9.17) is 25.4 Å². The first-order valence-electron chi connectivity index (χ1n) is 12.3. The minimum Gasteiger partial charge on any atom is -0.434 e. The van der Waals surface area contributed by atoms with Crippen LogP contribution in [0.25, 0.3) is 22.2 Å². The number of nitrogens with zero attached hydrogens (tertiary/aromatic N) is 3. The van der Waals surface area contributed by atoms with E-state index >= 15 is 0 Å². The van der Waals surface area contributed by atoms with Crippen molar-refractivity contribution in [2.45, 2.75) is 31.0 Å². The van der Waals surface area contributed by atoms with Crippen molar-refractivity contribution in [3.05, 3.63) is 83.2 Å². The summed E-state index contributed by atoms with van der Waals surface area (Å²) >= 11 is 5.92. The molecular weight excluding hydrogens is 460 g/mol. The van der Waals surface area contributed by atoms with Gasteiger partial charge in [-0.15, -0.1) is 11.6 Å². The van der Waals surface area contributed by atoms with Crippen LogP contribution < -0.4 is 4.74 Å². The van der Waals surface area contributed by atoms with Gasteiger partial charge < -0.3 is 14.2 Å². The normalized spacial score (nSPS) is 20.5. The SMILES string of the molecule is [2H]C([2H])([2H])N1C(=O)c2cccc(OC(F)F)c2[C@H]2C[C@@H]1c1nc3ccc(-c4ccc(CCl)cc4)cc3n12. The van der Waals surface area contributed by atoms with Crippen LogP contribution in [0.5, 0.6) is 5.75 Å². The Hall–Kier alpha value is -3.45. The molecule has 0 unspecified atom stereocenters. The topological polar surface area (TPSA) is 47.4 Å². The van der Waals surface area contributed by atoms with Crippen molar-refractivity contribution in [2.24, 2.45) is 0 Å². The van der Waals surface area contributed by atoms with E-state index in [-0.39, 0.29) is 23.3 Å². The van der Waals surface area contributed by atoms with Crippen LogP contribution >= 0.6 is 11.6 Å². The third-order valence-corrected chi connectivity index (χ3v) is 6.90. The van der Waals surface area contributed by atoms with E-state index in [1.54, 1.807) is 0 Å². The van der Waals surface area contributed by atoms with E-state index in [1.807, 2.05) is 47.0 Å². The number of carbonyl (C=O) groups excluding carboxylic acids is 1. The van der Waals surface area contributed by atoms with E-state index in [2.05, 4.69) is 0 Å². The molecule has 2 bridgehead atoms. The Morgan fingerprint density at radius 2 is 1.94 bits per heavy atom. The third kappa shape index (κ3) is 3.10. The number of fused-ring (bicyclic) bond motifs is 9. The van der Waals surface area contributed by atoms with Gasteiger partial charge in [-0.2, -0.15) is 8.78 Å². The summed E-state index contributed by atoms with van der Waals surface area (Å²) in [7, 11) is 0. The number of benzene rings is 3. The van der Waals surface area contributed by atoms with Gasteiger partial charge in [-0.25, -0.2) is 4.98 Å². The fourth-order valence-electron chi connectivity index (χ4n) is 5.07. The molecule has 0 saturated heterocycles. The second kappa shape index (κ2) is 7.81. The summed E-state index contributed by atoms with van der Waals surface area (Å²) < 4.78 is 57.7. The molecule has 2 aliphatic rings. The minimum atomic E-state index is -3.11. The van der Waals surface area contributed by atoms with Crippen molar-refractivity contribution in [1.82, 2.24) is 14.5 Å². The molecule has 34 heavy (non-hydrogen) atoms. The number of rotatable bonds is 4. The molecule has 0 aliphatic carbocycles. The van der Waals surface area contributed by atoms with Gasteiger partial charge >= 0.3 is 6.61 Å². The third-order valence-electron chi connectivity index (χ3n) is 6.59. The molecule has 0 radical (unpaired) electrons. The molecule has 3 heterocycles. The van der Waals surface area contributed by atoms with Crippen molar-refractivity contribution in [2.75, 3.05) is 6.98 Å². The summed E-state index contributed by atoms with van der Waals surface area (Å²) in [6, 6.07) is 16.2. The first kappa shape index (κ1) is 18.0. The Morgan fingerprint density at radius 1 is 1.15 bits per heavy atom. The highest BCUT2D eigenvalue weighted by atomic mass is 35.5. The number of halogens is 3. The lowest BCUT2D eigenvalue weighted by Gasteiger charge is -2.24. The van der Waals surface area contributed by atoms with Crippen molar-refractivity contribution in [3.8, 4) is 16.9 Å². The minimum absolute atomic E-state index is 0.0297. The van der Waals surface area contributed by atoms with Gasteiger partial charge in [0.15, 0.2) is 0 Å². The molecule has 1 amide bonds. The second-order valence-electron chi connectivity index (χ2n) is 8.41. The molecule has 4 aromatic rings. The molecule has 0 spiro atoms. The summed E-state index contributed by atoms with van der Waals surface area (Å²) in [5, 5.41) is 0. The number of amides is 1. The zero-order valence-electron chi connectivity index (χ0n) is 20.7. The maximum Gasteiger partial charge on any atom is 0.387 e. The van der Waals surface area contributed by atoms with E-state index in [1.165, 1.54) is 18.2 Å². The Kier molecular flexibility index (Phi) is 4.12. The largest absolute Gasteiger partial charge is 0.434 e. The molecule has 2 atom stereocenters. The summed E-state index contributed by atoms with van der Waals surface area (Å²) in [6.07, 6.45) is 0.174. The monoisotopic (exact) mass is 482 g/mol. The summed E-state index contributed by atoms with van der Waals surface area (Å²) in [6.45, 7) is -5.88. The molecule has 5 nitrogen and oxygen atoms in total. The molecule has 1 aromatic heterocycles. The van der Waals surface area contributed by atoms with Gasteiger partial charge in [0.2, 0.25) is 0 Å². The quantitative estimate of drug-likeness (QED) is 0.327. The summed E-state index contributed by atoms with van der Waals surface area (Å²) in [5.41, 5.74) is 4.42. The molecular formula is C26H20ClF2N3O2. The van der Waals surface area contributed by atoms with Gasteiger partial charge in [0.05, 0.1) is 23.1 Å². The maximum absolute atomic E-state index is 13.5. The lowest BCUT2D eigenvalue weighted by Crippen LogP contribution is -2.30. The van der Waals surface area contributed by atoms with E-state index in [9.17, 15) is 13.6 Å². The van der Waals surface area contributed by atoms with Crippen LogP contribution in [0.1, 0.15) is 49.9 Å². The predicted octanol–water partition coefficient (Wildman–Crippen LogP) is 6.16. The van der Waals surface area contributed by atoms with Crippen LogP contribution in [-0.4, -0.2) is 33.9 Å². The Labute approximate surface area is 203 Å². The number of imidazole rings is 1. The number of hydrogen-bond donors (Lipinski definition) is 0. The van der Waals surface area contributed by atoms with Gasteiger partial charge in [0, 0.05) is 34.5 Å². The van der Waals surface area contributed by atoms with Crippen LogP contribution in [0.2, 0.25) is 0 Å². The number of aromatic nitrogens is 2. The molecule has 0 saturated carbocycles. The van der Waals surface area contributed by atoms with Crippen LogP contribution in [0.3, 0.4) is 0 Å². The smallest absolute Gasteiger partial charge is 0.387 e. The van der Waals surface area contributed by atoms with Crippen molar-refractivity contribution >= 4 is 28.5 Å². The van der Waals surface area contributed by atoms with Gasteiger partial charge in [-0.1, -0.05) is 36.4 Å². The average molecular weight is 483 g/mol. The number of carbonyl (C=O) groups is 1. The van der Waals surface area contributed by atoms with Crippen molar-refractivity contribution in [1.29, 1.82) is 0 Å². The van der Waals surface area contributed by atoms with E-state index in [0.717, 1.165) is 21.6 Å². The van der Waals surface area contributed by atoms with Crippen LogP contribution in [0.4, 0.5) is 8.78 Å². The van der Waals surface area contributed by atoms with E-state index < -0.39 is 31.6 Å². The molecule has 0 fully saturated rings. The van der Waals surface area contributed by atoms with E-state index in [0.29, 0.717) is 22.7 Å². The predicted molar refractivity (Wildman–Crippen MR) is 125 cm³/mol. The summed E-state index contributed by atoms with van der Waals surface area (Å²) in [5.74, 6) is -0.114. The molecule has 8 heteroatoms. The molecule has 172 valence electrons. The van der Waals surface area contributed by atoms with Crippen molar-refractivity contribution < 1.29 is 22.4 Å². The fourth-order valence-corrected chi connectivity index (χ4v) is 5.25. The number of ether oxygens (including phenoxy) is 1. The highest BCUT2D eigenvalue weighted by Gasteiger charge is 2.45. The lowest BCUT2D eigenvalue weighted by molar-refractivity contribution is -0.0507. The van der Waals surface area contributed by atoms with Crippen molar-refractivity contribution in [3.63, 3.8) is 0 Å². The summed E-state index contributed by atoms with van der Waals surface area (Å²) in [4.78, 5) is 19.1. The molecule has 0 N–H and O–H groups in total. The Bertz CT molecular complexity index is 1540. The fraction of sp³-hybridized carbons (Fsp3) is 0.231. The first-order valence-corrected chi connectivity index (χ1v) is 11.3. The maximum atomic E-state index is 13.5. The lowest BCUT2D eigenvalue weighted by atomic mass is 9.97. The Morgan fingerprint density at radius 3 is 2.68 bits per heavy atom. The first-order chi connectivity index (χ1) is 17.7. The zero-order chi connectivity index (χ0) is 26.1. The van der Waals surface area contributed by atoms with Gasteiger partial charge in [-0.05, 0) is 41.0 Å². The second-order valence-corrected chi connectivity index (χ2v) is 8.68. The Balaban J connectivity index is 1.59.